The van der Waals surface area contributed by atoms with Gasteiger partial charge in [-0.25, -0.2) is 9.18 Å². The summed E-state index contributed by atoms with van der Waals surface area (Å²) >= 11 is 0. The minimum atomic E-state index is -0.392. The molecule has 6 heteroatoms. The van der Waals surface area contributed by atoms with Crippen LogP contribution in [0.15, 0.2) is 48.5 Å². The minimum absolute atomic E-state index is 0.0352. The fourth-order valence-electron chi connectivity index (χ4n) is 4.37. The second-order valence-corrected chi connectivity index (χ2v) is 7.92. The third-order valence-corrected chi connectivity index (χ3v) is 6.19. The number of piperidine rings is 1. The van der Waals surface area contributed by atoms with E-state index in [-0.39, 0.29) is 24.4 Å². The first-order valence-corrected chi connectivity index (χ1v) is 10.2. The number of ether oxygens (including phenoxy) is 1. The van der Waals surface area contributed by atoms with Crippen molar-refractivity contribution in [2.45, 2.75) is 44.1 Å². The van der Waals surface area contributed by atoms with Gasteiger partial charge >= 0.3 is 5.97 Å². The molecule has 1 fully saturated rings. The maximum absolute atomic E-state index is 13.4. The fourth-order valence-corrected chi connectivity index (χ4v) is 4.37. The monoisotopic (exact) mass is 413 g/mol. The van der Waals surface area contributed by atoms with Crippen LogP contribution in [0.4, 0.5) is 4.39 Å². The van der Waals surface area contributed by atoms with Crippen LogP contribution in [0.1, 0.15) is 60.1 Å². The zero-order valence-corrected chi connectivity index (χ0v) is 17.4. The van der Waals surface area contributed by atoms with Crippen molar-refractivity contribution in [1.29, 1.82) is 0 Å². The molecule has 0 aromatic heterocycles. The van der Waals surface area contributed by atoms with Crippen LogP contribution < -0.4 is 0 Å². The van der Waals surface area contributed by atoms with Crippen LogP contribution >= 0.6 is 0 Å². The third-order valence-electron chi connectivity index (χ3n) is 6.19. The Labute approximate surface area is 176 Å². The van der Waals surface area contributed by atoms with Crippen LogP contribution in [0.2, 0.25) is 0 Å². The van der Waals surface area contributed by atoms with E-state index in [1.165, 1.54) is 19.2 Å². The Kier molecular flexibility index (Phi) is 6.87. The molecule has 1 heterocycles. The Balaban J connectivity index is 1.78. The summed E-state index contributed by atoms with van der Waals surface area (Å²) in [6.45, 7) is 2.61. The second-order valence-electron chi connectivity index (χ2n) is 7.92. The Morgan fingerprint density at radius 2 is 1.87 bits per heavy atom. The molecule has 2 unspecified atom stereocenters. The Bertz CT molecular complexity index is 881. The highest BCUT2D eigenvalue weighted by atomic mass is 19.1. The molecule has 2 atom stereocenters. The molecule has 3 rings (SSSR count). The number of rotatable bonds is 7. The van der Waals surface area contributed by atoms with Gasteiger partial charge in [0.15, 0.2) is 0 Å². The van der Waals surface area contributed by atoms with Gasteiger partial charge in [0.2, 0.25) is 5.91 Å². The molecule has 1 N–H and O–H groups in total. The van der Waals surface area contributed by atoms with Gasteiger partial charge < -0.3 is 14.7 Å². The number of halogens is 1. The summed E-state index contributed by atoms with van der Waals surface area (Å²) in [6, 6.07) is 13.3. The average Bonchev–Trinajstić information content (AvgIpc) is 2.77. The number of hydrogen-bond acceptors (Lipinski definition) is 4. The fraction of sp³-hybridized carbons (Fsp3) is 0.417. The van der Waals surface area contributed by atoms with E-state index in [0.29, 0.717) is 31.4 Å². The van der Waals surface area contributed by atoms with Crippen molar-refractivity contribution in [3.8, 4) is 0 Å². The molecule has 0 bridgehead atoms. The van der Waals surface area contributed by atoms with E-state index in [1.807, 2.05) is 24.0 Å². The van der Waals surface area contributed by atoms with Gasteiger partial charge in [0.1, 0.15) is 5.82 Å². The number of aliphatic hydroxyl groups is 1. The molecule has 0 saturated carbocycles. The molecule has 0 spiro atoms. The first-order valence-electron chi connectivity index (χ1n) is 10.2. The van der Waals surface area contributed by atoms with E-state index in [1.54, 1.807) is 24.3 Å². The molecule has 0 aliphatic carbocycles. The quantitative estimate of drug-likeness (QED) is 0.697. The number of nitrogens with zero attached hydrogens (tertiary/aromatic N) is 1. The van der Waals surface area contributed by atoms with Gasteiger partial charge in [0.05, 0.1) is 18.7 Å². The van der Waals surface area contributed by atoms with Crippen LogP contribution in [0.5, 0.6) is 0 Å². The number of esters is 1. The minimum Gasteiger partial charge on any atom is -0.465 e. The lowest BCUT2D eigenvalue weighted by Crippen LogP contribution is -2.47. The summed E-state index contributed by atoms with van der Waals surface area (Å²) in [6.07, 6.45) is 2.34. The molecule has 0 radical (unpaired) electrons. The number of methoxy groups -OCH3 is 1. The number of amides is 1. The summed E-state index contributed by atoms with van der Waals surface area (Å²) in [7, 11) is 1.34. The zero-order valence-electron chi connectivity index (χ0n) is 17.4. The first kappa shape index (κ1) is 22.0. The van der Waals surface area contributed by atoms with E-state index in [9.17, 15) is 19.1 Å². The predicted molar refractivity (Wildman–Crippen MR) is 112 cm³/mol. The van der Waals surface area contributed by atoms with E-state index < -0.39 is 11.4 Å². The lowest BCUT2D eigenvalue weighted by Gasteiger charge is -2.44. The Morgan fingerprint density at radius 3 is 2.43 bits per heavy atom. The number of likely N-dealkylation sites (tertiary alicyclic amines) is 1. The van der Waals surface area contributed by atoms with Crippen molar-refractivity contribution in [2.24, 2.45) is 0 Å². The van der Waals surface area contributed by atoms with E-state index in [0.717, 1.165) is 17.5 Å². The van der Waals surface area contributed by atoms with Crippen molar-refractivity contribution in [3.05, 3.63) is 71.0 Å². The van der Waals surface area contributed by atoms with Crippen molar-refractivity contribution in [1.82, 2.24) is 4.90 Å². The molecular formula is C24H28FNO4. The number of aliphatic hydroxyl groups excluding tert-OH is 1. The Morgan fingerprint density at radius 1 is 1.20 bits per heavy atom. The van der Waals surface area contributed by atoms with Gasteiger partial charge in [-0.05, 0) is 61.6 Å². The topological polar surface area (TPSA) is 66.8 Å². The van der Waals surface area contributed by atoms with Crippen molar-refractivity contribution in [2.75, 3.05) is 20.3 Å². The summed E-state index contributed by atoms with van der Waals surface area (Å²) in [5.74, 6) is -0.659. The smallest absolute Gasteiger partial charge is 0.337 e. The summed E-state index contributed by atoms with van der Waals surface area (Å²) < 4.78 is 18.1. The highest BCUT2D eigenvalue weighted by Gasteiger charge is 2.41. The van der Waals surface area contributed by atoms with E-state index >= 15 is 0 Å². The Hall–Kier alpha value is -2.73. The molecule has 2 aromatic carbocycles. The number of hydrogen-bond donors (Lipinski definition) is 1. The largest absolute Gasteiger partial charge is 0.465 e. The molecule has 1 aliphatic rings. The van der Waals surface area contributed by atoms with Gasteiger partial charge in [-0.3, -0.25) is 4.79 Å². The SMILES string of the molecule is COC(=O)c1ccc(C(C)N2CCC(CCCO)(c3ccc(F)cc3)CC2=O)cc1. The highest BCUT2D eigenvalue weighted by Crippen LogP contribution is 2.42. The third kappa shape index (κ3) is 4.54. The number of carbonyl (C=O) groups excluding carboxylic acids is 2. The van der Waals surface area contributed by atoms with Crippen LogP contribution in [0.3, 0.4) is 0 Å². The standard InChI is InChI=1S/C24H28FNO4/c1-17(18-4-6-19(7-5-18)23(29)30-2)26-14-13-24(12-3-15-27,16-22(26)28)20-8-10-21(25)11-9-20/h4-11,17,27H,3,12-16H2,1-2H3. The van der Waals surface area contributed by atoms with Crippen LogP contribution in [0.25, 0.3) is 0 Å². The average molecular weight is 413 g/mol. The molecule has 30 heavy (non-hydrogen) atoms. The summed E-state index contributed by atoms with van der Waals surface area (Å²) in [5.41, 5.74) is 1.97. The van der Waals surface area contributed by atoms with E-state index in [4.69, 9.17) is 4.74 Å². The summed E-state index contributed by atoms with van der Waals surface area (Å²) in [4.78, 5) is 26.7. The lowest BCUT2D eigenvalue weighted by atomic mass is 9.69. The molecule has 2 aromatic rings. The predicted octanol–water partition coefficient (Wildman–Crippen LogP) is 4.01. The van der Waals surface area contributed by atoms with Crippen LogP contribution in [-0.4, -0.2) is 42.1 Å². The van der Waals surface area contributed by atoms with E-state index in [2.05, 4.69) is 0 Å². The lowest BCUT2D eigenvalue weighted by molar-refractivity contribution is -0.138. The highest BCUT2D eigenvalue weighted by molar-refractivity contribution is 5.89. The summed E-state index contributed by atoms with van der Waals surface area (Å²) in [5, 5.41) is 9.35. The zero-order chi connectivity index (χ0) is 21.7. The van der Waals surface area contributed by atoms with Gasteiger partial charge in [-0.15, -0.1) is 0 Å². The van der Waals surface area contributed by atoms with Crippen molar-refractivity contribution >= 4 is 11.9 Å². The van der Waals surface area contributed by atoms with Crippen molar-refractivity contribution < 1.29 is 23.8 Å². The first-order chi connectivity index (χ1) is 14.4. The van der Waals surface area contributed by atoms with Crippen molar-refractivity contribution in [3.63, 3.8) is 0 Å². The maximum atomic E-state index is 13.4. The van der Waals surface area contributed by atoms with Gasteiger partial charge in [0.25, 0.3) is 0 Å². The van der Waals surface area contributed by atoms with Gasteiger partial charge in [-0.1, -0.05) is 24.3 Å². The molecule has 1 amide bonds. The molecule has 1 aliphatic heterocycles. The molecule has 1 saturated heterocycles. The molecular weight excluding hydrogens is 385 g/mol. The molecule has 160 valence electrons. The molecule has 5 nitrogen and oxygen atoms in total. The van der Waals surface area contributed by atoms with Gasteiger partial charge in [-0.2, -0.15) is 0 Å². The second kappa shape index (κ2) is 9.39. The number of benzene rings is 2. The van der Waals surface area contributed by atoms with Crippen LogP contribution in [-0.2, 0) is 14.9 Å². The number of carbonyl (C=O) groups is 2. The normalized spacial score (nSPS) is 20.1. The van der Waals surface area contributed by atoms with Gasteiger partial charge in [0, 0.05) is 25.0 Å². The maximum Gasteiger partial charge on any atom is 0.337 e. The van der Waals surface area contributed by atoms with Crippen LogP contribution in [0, 0.1) is 5.82 Å².